The van der Waals surface area contributed by atoms with Crippen LogP contribution in [0.15, 0.2) is 42.6 Å². The molecule has 2 rings (SSSR count). The number of rotatable bonds is 3. The van der Waals surface area contributed by atoms with Gasteiger partial charge in [-0.2, -0.15) is 4.57 Å². The fraction of sp³-hybridized carbons (Fsp3) is 0.0909. The molecule has 0 spiro atoms. The quantitative estimate of drug-likeness (QED) is 0.495. The average molecular weight is 301 g/mol. The smallest absolute Gasteiger partial charge is 0.377 e. The number of fused-ring (bicyclic) bond motifs is 1. The van der Waals surface area contributed by atoms with Gasteiger partial charge >= 0.3 is 5.97 Å². The number of aromatic nitrogens is 1. The van der Waals surface area contributed by atoms with Gasteiger partial charge in [-0.15, -0.1) is 17.0 Å². The van der Waals surface area contributed by atoms with Gasteiger partial charge in [-0.1, -0.05) is 30.0 Å². The number of esters is 1. The van der Waals surface area contributed by atoms with Gasteiger partial charge in [0.15, 0.2) is 0 Å². The summed E-state index contributed by atoms with van der Waals surface area (Å²) in [7, 11) is 0. The van der Waals surface area contributed by atoms with Crippen molar-refractivity contribution in [3.8, 4) is 0 Å². The van der Waals surface area contributed by atoms with E-state index >= 15 is 0 Å². The van der Waals surface area contributed by atoms with Gasteiger partial charge in [-0.05, 0) is 6.07 Å². The third-order valence-corrected chi connectivity index (χ3v) is 2.95. The van der Waals surface area contributed by atoms with Crippen molar-refractivity contribution in [2.75, 3.05) is 0 Å². The highest BCUT2D eigenvalue weighted by molar-refractivity contribution is 8.93. The highest BCUT2D eigenvalue weighted by atomic mass is 79.9. The Morgan fingerprint density at radius 1 is 1.50 bits per heavy atom. The number of ether oxygens (including phenoxy) is 1. The largest absolute Gasteiger partial charge is 0.430 e. The minimum atomic E-state index is -0.307. The standard InChI is InChI=1S/C11H10NO2S.BrH/c1-2-14-11(13)7-12-8-15-10-6-4-3-5-9(10)12;/h2-6,8H,1,7H2;1H/q+1;. The Morgan fingerprint density at radius 2 is 2.25 bits per heavy atom. The number of thiazole rings is 1. The lowest BCUT2D eigenvalue weighted by atomic mass is 10.3. The van der Waals surface area contributed by atoms with E-state index in [1.165, 1.54) is 0 Å². The van der Waals surface area contributed by atoms with Crippen LogP contribution in [-0.2, 0) is 16.1 Å². The molecule has 1 aromatic carbocycles. The minimum Gasteiger partial charge on any atom is -0.430 e. The number of carbonyl (C=O) groups excluding carboxylic acids is 1. The predicted octanol–water partition coefficient (Wildman–Crippen LogP) is 2.45. The Balaban J connectivity index is 0.00000128. The Bertz CT molecular complexity index is 509. The van der Waals surface area contributed by atoms with Crippen molar-refractivity contribution in [3.63, 3.8) is 0 Å². The van der Waals surface area contributed by atoms with Crippen LogP contribution in [0.5, 0.6) is 0 Å². The zero-order valence-electron chi connectivity index (χ0n) is 8.46. The molecule has 0 saturated carbocycles. The van der Waals surface area contributed by atoms with E-state index in [1.54, 1.807) is 11.3 Å². The van der Waals surface area contributed by atoms with Crippen LogP contribution in [0.4, 0.5) is 0 Å². The molecule has 0 atom stereocenters. The van der Waals surface area contributed by atoms with Gasteiger partial charge in [0.05, 0.1) is 6.26 Å². The summed E-state index contributed by atoms with van der Waals surface area (Å²) in [6.07, 6.45) is 1.15. The molecule has 84 valence electrons. The van der Waals surface area contributed by atoms with E-state index < -0.39 is 0 Å². The molecule has 0 aliphatic rings. The molecule has 16 heavy (non-hydrogen) atoms. The lowest BCUT2D eigenvalue weighted by molar-refractivity contribution is -0.655. The lowest BCUT2D eigenvalue weighted by Gasteiger charge is -1.93. The zero-order valence-corrected chi connectivity index (χ0v) is 11.0. The molecule has 5 heteroatoms. The summed E-state index contributed by atoms with van der Waals surface area (Å²) in [6, 6.07) is 7.93. The van der Waals surface area contributed by atoms with Gasteiger partial charge in [0.1, 0.15) is 4.70 Å². The van der Waals surface area contributed by atoms with E-state index in [4.69, 9.17) is 0 Å². The number of carbonyl (C=O) groups is 1. The molecule has 1 aromatic heterocycles. The van der Waals surface area contributed by atoms with Crippen LogP contribution in [0.3, 0.4) is 0 Å². The maximum atomic E-state index is 11.2. The zero-order chi connectivity index (χ0) is 10.7. The molecule has 1 heterocycles. The highest BCUT2D eigenvalue weighted by Gasteiger charge is 2.15. The molecular weight excluding hydrogens is 290 g/mol. The second-order valence-corrected chi connectivity index (χ2v) is 3.86. The maximum absolute atomic E-state index is 11.2. The summed E-state index contributed by atoms with van der Waals surface area (Å²) < 4.78 is 7.70. The van der Waals surface area contributed by atoms with Crippen molar-refractivity contribution in [1.82, 2.24) is 0 Å². The summed E-state index contributed by atoms with van der Waals surface area (Å²) in [5, 5.41) is 0. The van der Waals surface area contributed by atoms with Crippen LogP contribution in [-0.4, -0.2) is 5.97 Å². The first kappa shape index (κ1) is 12.9. The van der Waals surface area contributed by atoms with Gasteiger partial charge in [0, 0.05) is 6.07 Å². The van der Waals surface area contributed by atoms with E-state index in [9.17, 15) is 4.79 Å². The van der Waals surface area contributed by atoms with Crippen LogP contribution in [0.2, 0.25) is 0 Å². The molecule has 0 N–H and O–H groups in total. The third kappa shape index (κ3) is 2.68. The molecule has 0 aliphatic heterocycles. The summed E-state index contributed by atoms with van der Waals surface area (Å²) >= 11 is 1.60. The second kappa shape index (κ2) is 5.77. The highest BCUT2D eigenvalue weighted by Crippen LogP contribution is 2.14. The molecule has 0 radical (unpaired) electrons. The molecular formula is C11H11BrNO2S+. The molecule has 0 bridgehead atoms. The number of hydrogen-bond acceptors (Lipinski definition) is 3. The number of halogens is 1. The molecule has 0 aliphatic carbocycles. The van der Waals surface area contributed by atoms with Crippen LogP contribution in [0.25, 0.3) is 10.2 Å². The SMILES string of the molecule is Br.C=COC(=O)C[n+]1csc2ccccc21. The normalized spacial score (nSPS) is 9.50. The van der Waals surface area contributed by atoms with E-state index in [-0.39, 0.29) is 29.5 Å². The van der Waals surface area contributed by atoms with Crippen molar-refractivity contribution in [3.05, 3.63) is 42.6 Å². The van der Waals surface area contributed by atoms with E-state index in [0.717, 1.165) is 16.5 Å². The first-order chi connectivity index (χ1) is 7.31. The van der Waals surface area contributed by atoms with Gasteiger partial charge in [-0.25, -0.2) is 4.79 Å². The molecule has 0 saturated heterocycles. The Labute approximate surface area is 108 Å². The summed E-state index contributed by atoms with van der Waals surface area (Å²) in [6.45, 7) is 3.56. The van der Waals surface area contributed by atoms with Crippen molar-refractivity contribution in [1.29, 1.82) is 0 Å². The van der Waals surface area contributed by atoms with Crippen molar-refractivity contribution in [2.24, 2.45) is 0 Å². The van der Waals surface area contributed by atoms with Crippen LogP contribution >= 0.6 is 28.3 Å². The third-order valence-electron chi connectivity index (χ3n) is 2.00. The monoisotopic (exact) mass is 300 g/mol. The van der Waals surface area contributed by atoms with Gasteiger partial charge < -0.3 is 4.74 Å². The summed E-state index contributed by atoms with van der Waals surface area (Å²) in [5.41, 5.74) is 2.96. The van der Waals surface area contributed by atoms with Crippen molar-refractivity contribution in [2.45, 2.75) is 6.54 Å². The van der Waals surface area contributed by atoms with Crippen molar-refractivity contribution < 1.29 is 14.1 Å². The summed E-state index contributed by atoms with van der Waals surface area (Å²) in [5.74, 6) is -0.307. The first-order valence-corrected chi connectivity index (χ1v) is 5.35. The van der Waals surface area contributed by atoms with Crippen LogP contribution < -0.4 is 4.57 Å². The Kier molecular flexibility index (Phi) is 4.64. The molecule has 0 amide bonds. The number of benzene rings is 1. The molecule has 0 unspecified atom stereocenters. The maximum Gasteiger partial charge on any atom is 0.377 e. The first-order valence-electron chi connectivity index (χ1n) is 4.47. The van der Waals surface area contributed by atoms with Crippen LogP contribution in [0, 0.1) is 0 Å². The molecule has 2 aromatic rings. The van der Waals surface area contributed by atoms with E-state index in [0.29, 0.717) is 0 Å². The van der Waals surface area contributed by atoms with E-state index in [1.807, 2.05) is 34.3 Å². The van der Waals surface area contributed by atoms with Gasteiger partial charge in [0.25, 0.3) is 0 Å². The fourth-order valence-corrected chi connectivity index (χ4v) is 2.26. The average Bonchev–Trinajstić information content (AvgIpc) is 2.62. The fourth-order valence-electron chi connectivity index (χ4n) is 1.36. The van der Waals surface area contributed by atoms with Gasteiger partial charge in [0.2, 0.25) is 17.6 Å². The topological polar surface area (TPSA) is 30.2 Å². The molecule has 3 nitrogen and oxygen atoms in total. The number of para-hydroxylation sites is 1. The lowest BCUT2D eigenvalue weighted by Crippen LogP contribution is -2.36. The second-order valence-electron chi connectivity index (χ2n) is 2.98. The van der Waals surface area contributed by atoms with E-state index in [2.05, 4.69) is 11.3 Å². The minimum absolute atomic E-state index is 0. The predicted molar refractivity (Wildman–Crippen MR) is 68.6 cm³/mol. The van der Waals surface area contributed by atoms with Crippen molar-refractivity contribution >= 4 is 44.5 Å². The van der Waals surface area contributed by atoms with Crippen LogP contribution in [0.1, 0.15) is 0 Å². The Hall–Kier alpha value is -1.20. The Morgan fingerprint density at radius 3 is 3.00 bits per heavy atom. The molecule has 0 fully saturated rings. The summed E-state index contributed by atoms with van der Waals surface area (Å²) in [4.78, 5) is 11.2. The number of nitrogens with zero attached hydrogens (tertiary/aromatic N) is 1. The number of hydrogen-bond donors (Lipinski definition) is 0. The van der Waals surface area contributed by atoms with Gasteiger partial charge in [-0.3, -0.25) is 0 Å².